The molecule has 0 unspecified atom stereocenters. The Balaban J connectivity index is 1.76. The summed E-state index contributed by atoms with van der Waals surface area (Å²) in [4.78, 5) is 5.00. The summed E-state index contributed by atoms with van der Waals surface area (Å²) in [7, 11) is 2.21. The molecule has 2 rings (SSSR count). The van der Waals surface area contributed by atoms with E-state index in [1.165, 1.54) is 56.7 Å². The van der Waals surface area contributed by atoms with Crippen molar-refractivity contribution in [3.63, 3.8) is 0 Å². The molecule has 1 fully saturated rings. The molecule has 0 atom stereocenters. The van der Waals surface area contributed by atoms with Crippen LogP contribution in [0.15, 0.2) is 18.2 Å². The van der Waals surface area contributed by atoms with E-state index in [4.69, 9.17) is 4.74 Å². The van der Waals surface area contributed by atoms with Crippen LogP contribution in [0.5, 0.6) is 5.75 Å². The number of hydrogen-bond donors (Lipinski definition) is 0. The molecule has 1 aromatic rings. The van der Waals surface area contributed by atoms with Crippen LogP contribution >= 0.6 is 0 Å². The summed E-state index contributed by atoms with van der Waals surface area (Å²) in [6, 6.07) is 6.49. The molecule has 0 aliphatic carbocycles. The van der Waals surface area contributed by atoms with Gasteiger partial charge in [-0.15, -0.1) is 0 Å². The molecule has 0 radical (unpaired) electrons. The molecule has 0 amide bonds. The highest BCUT2D eigenvalue weighted by atomic mass is 16.5. The summed E-state index contributed by atoms with van der Waals surface area (Å²) in [6.07, 6.45) is 2.42. The van der Waals surface area contributed by atoms with Crippen LogP contribution in [0.1, 0.15) is 24.5 Å². The quantitative estimate of drug-likeness (QED) is 0.794. The summed E-state index contributed by atoms with van der Waals surface area (Å²) in [6.45, 7) is 11.0. The molecule has 112 valence electrons. The molecule has 0 bridgehead atoms. The molecule has 3 nitrogen and oxygen atoms in total. The number of piperazine rings is 1. The van der Waals surface area contributed by atoms with Gasteiger partial charge < -0.3 is 14.5 Å². The first-order valence-corrected chi connectivity index (χ1v) is 7.82. The first-order valence-electron chi connectivity index (χ1n) is 7.82. The van der Waals surface area contributed by atoms with E-state index in [-0.39, 0.29) is 0 Å². The van der Waals surface area contributed by atoms with Crippen LogP contribution in [0, 0.1) is 6.92 Å². The number of hydrogen-bond acceptors (Lipinski definition) is 3. The van der Waals surface area contributed by atoms with Crippen molar-refractivity contribution >= 4 is 0 Å². The second-order valence-electron chi connectivity index (χ2n) is 5.77. The Labute approximate surface area is 123 Å². The lowest BCUT2D eigenvalue weighted by Gasteiger charge is -2.32. The maximum Gasteiger partial charge on any atom is 0.119 e. The summed E-state index contributed by atoms with van der Waals surface area (Å²) < 4.78 is 5.54. The van der Waals surface area contributed by atoms with Crippen molar-refractivity contribution in [3.8, 4) is 5.75 Å². The van der Waals surface area contributed by atoms with Crippen molar-refractivity contribution < 1.29 is 4.74 Å². The molecule has 0 N–H and O–H groups in total. The summed E-state index contributed by atoms with van der Waals surface area (Å²) in [5.74, 6) is 0.993. The van der Waals surface area contributed by atoms with E-state index >= 15 is 0 Å². The Morgan fingerprint density at radius 3 is 2.55 bits per heavy atom. The van der Waals surface area contributed by atoms with Crippen LogP contribution in [0.3, 0.4) is 0 Å². The predicted octanol–water partition coefficient (Wildman–Crippen LogP) is 2.57. The molecular weight excluding hydrogens is 248 g/mol. The fourth-order valence-corrected chi connectivity index (χ4v) is 2.77. The first-order chi connectivity index (χ1) is 9.69. The molecule has 1 heterocycles. The number of nitrogens with zero attached hydrogens (tertiary/aromatic N) is 2. The third kappa shape index (κ3) is 4.50. The van der Waals surface area contributed by atoms with Crippen LogP contribution in [0.25, 0.3) is 0 Å². The van der Waals surface area contributed by atoms with Gasteiger partial charge in [0.15, 0.2) is 0 Å². The van der Waals surface area contributed by atoms with Crippen molar-refractivity contribution in [3.05, 3.63) is 29.3 Å². The number of aryl methyl sites for hydroxylation is 2. The summed E-state index contributed by atoms with van der Waals surface area (Å²) in [5.41, 5.74) is 2.82. The van der Waals surface area contributed by atoms with Crippen molar-refractivity contribution in [2.24, 2.45) is 0 Å². The van der Waals surface area contributed by atoms with E-state index < -0.39 is 0 Å². The largest absolute Gasteiger partial charge is 0.494 e. The van der Waals surface area contributed by atoms with Crippen LogP contribution in [0.4, 0.5) is 0 Å². The molecule has 1 aromatic carbocycles. The highest BCUT2D eigenvalue weighted by molar-refractivity contribution is 5.34. The number of rotatable bonds is 6. The molecule has 0 spiro atoms. The average molecular weight is 276 g/mol. The standard InChI is InChI=1S/C17H28N2O/c1-4-20-17-8-7-16(15(2)14-17)6-5-9-19-12-10-18(3)11-13-19/h7-8,14H,4-6,9-13H2,1-3H3. The molecule has 20 heavy (non-hydrogen) atoms. The minimum atomic E-state index is 0.738. The van der Waals surface area contributed by atoms with E-state index in [0.717, 1.165) is 12.4 Å². The zero-order chi connectivity index (χ0) is 14.4. The lowest BCUT2D eigenvalue weighted by molar-refractivity contribution is 0.153. The Morgan fingerprint density at radius 2 is 1.90 bits per heavy atom. The minimum absolute atomic E-state index is 0.738. The van der Waals surface area contributed by atoms with E-state index in [1.807, 2.05) is 6.92 Å². The van der Waals surface area contributed by atoms with Crippen LogP contribution in [-0.2, 0) is 6.42 Å². The van der Waals surface area contributed by atoms with Crippen molar-refractivity contribution in [1.82, 2.24) is 9.80 Å². The minimum Gasteiger partial charge on any atom is -0.494 e. The van der Waals surface area contributed by atoms with Gasteiger partial charge in [0.25, 0.3) is 0 Å². The van der Waals surface area contributed by atoms with E-state index in [9.17, 15) is 0 Å². The van der Waals surface area contributed by atoms with Gasteiger partial charge in [-0.25, -0.2) is 0 Å². The Bertz CT molecular complexity index is 411. The lowest BCUT2D eigenvalue weighted by atomic mass is 10.0. The molecule has 3 heteroatoms. The van der Waals surface area contributed by atoms with Gasteiger partial charge in [0.1, 0.15) is 5.75 Å². The molecule has 1 saturated heterocycles. The second-order valence-corrected chi connectivity index (χ2v) is 5.77. The maximum atomic E-state index is 5.54. The first kappa shape index (κ1) is 15.3. The Kier molecular flexibility index (Phi) is 5.86. The van der Waals surface area contributed by atoms with Crippen molar-refractivity contribution in [1.29, 1.82) is 0 Å². The Hall–Kier alpha value is -1.06. The fourth-order valence-electron chi connectivity index (χ4n) is 2.77. The van der Waals surface area contributed by atoms with Crippen molar-refractivity contribution in [2.45, 2.75) is 26.7 Å². The zero-order valence-electron chi connectivity index (χ0n) is 13.2. The van der Waals surface area contributed by atoms with E-state index in [0.29, 0.717) is 0 Å². The van der Waals surface area contributed by atoms with Gasteiger partial charge in [-0.1, -0.05) is 6.07 Å². The zero-order valence-corrected chi connectivity index (χ0v) is 13.2. The van der Waals surface area contributed by atoms with Gasteiger partial charge in [-0.05, 0) is 63.5 Å². The van der Waals surface area contributed by atoms with E-state index in [2.05, 4.69) is 42.0 Å². The highest BCUT2D eigenvalue weighted by Gasteiger charge is 2.13. The third-order valence-electron chi connectivity index (χ3n) is 4.14. The van der Waals surface area contributed by atoms with Gasteiger partial charge in [0, 0.05) is 26.2 Å². The van der Waals surface area contributed by atoms with Crippen molar-refractivity contribution in [2.75, 3.05) is 46.4 Å². The van der Waals surface area contributed by atoms with Crippen LogP contribution < -0.4 is 4.74 Å². The topological polar surface area (TPSA) is 15.7 Å². The predicted molar refractivity (Wildman–Crippen MR) is 84.6 cm³/mol. The van der Waals surface area contributed by atoms with Gasteiger partial charge in [-0.3, -0.25) is 0 Å². The van der Waals surface area contributed by atoms with E-state index in [1.54, 1.807) is 0 Å². The molecule has 0 saturated carbocycles. The molecule has 0 aromatic heterocycles. The lowest BCUT2D eigenvalue weighted by Crippen LogP contribution is -2.44. The highest BCUT2D eigenvalue weighted by Crippen LogP contribution is 2.18. The molecule has 1 aliphatic heterocycles. The number of likely N-dealkylation sites (N-methyl/N-ethyl adjacent to an activating group) is 1. The summed E-state index contributed by atoms with van der Waals surface area (Å²) >= 11 is 0. The SMILES string of the molecule is CCOc1ccc(CCCN2CCN(C)CC2)c(C)c1. The normalized spacial score (nSPS) is 17.4. The number of ether oxygens (including phenoxy) is 1. The van der Waals surface area contributed by atoms with Gasteiger partial charge in [0.05, 0.1) is 6.61 Å². The van der Waals surface area contributed by atoms with Crippen LogP contribution in [0.2, 0.25) is 0 Å². The molecular formula is C17H28N2O. The van der Waals surface area contributed by atoms with Crippen LogP contribution in [-0.4, -0.2) is 56.2 Å². The third-order valence-corrected chi connectivity index (χ3v) is 4.14. The number of benzene rings is 1. The summed E-state index contributed by atoms with van der Waals surface area (Å²) in [5, 5.41) is 0. The van der Waals surface area contributed by atoms with Gasteiger partial charge in [0.2, 0.25) is 0 Å². The molecule has 1 aliphatic rings. The smallest absolute Gasteiger partial charge is 0.119 e. The monoisotopic (exact) mass is 276 g/mol. The fraction of sp³-hybridized carbons (Fsp3) is 0.647. The average Bonchev–Trinajstić information content (AvgIpc) is 2.44. The second kappa shape index (κ2) is 7.65. The Morgan fingerprint density at radius 1 is 1.15 bits per heavy atom. The van der Waals surface area contributed by atoms with Gasteiger partial charge >= 0.3 is 0 Å². The van der Waals surface area contributed by atoms with Gasteiger partial charge in [-0.2, -0.15) is 0 Å². The maximum absolute atomic E-state index is 5.54.